The summed E-state index contributed by atoms with van der Waals surface area (Å²) < 4.78 is 0. The number of hydrogen-bond acceptors (Lipinski definition) is 4. The SMILES string of the molecule is CNC(=O)C1CCCCN1CC(O)c1ccc(N)cc1. The molecule has 1 saturated heterocycles. The fourth-order valence-electron chi connectivity index (χ4n) is 2.72. The van der Waals surface area contributed by atoms with Crippen LogP contribution in [0.15, 0.2) is 24.3 Å². The van der Waals surface area contributed by atoms with Gasteiger partial charge in [0.05, 0.1) is 12.1 Å². The van der Waals surface area contributed by atoms with Crippen LogP contribution >= 0.6 is 0 Å². The van der Waals surface area contributed by atoms with Gasteiger partial charge < -0.3 is 16.2 Å². The molecule has 1 aromatic rings. The van der Waals surface area contributed by atoms with E-state index in [4.69, 9.17) is 5.73 Å². The van der Waals surface area contributed by atoms with Crippen molar-refractivity contribution in [1.82, 2.24) is 10.2 Å². The van der Waals surface area contributed by atoms with E-state index in [0.29, 0.717) is 12.2 Å². The predicted octanol–water partition coefficient (Wildman–Crippen LogP) is 0.903. The number of likely N-dealkylation sites (tertiary alicyclic amines) is 1. The number of nitrogen functional groups attached to an aromatic ring is 1. The third kappa shape index (κ3) is 3.49. The van der Waals surface area contributed by atoms with Crippen LogP contribution in [-0.2, 0) is 4.79 Å². The van der Waals surface area contributed by atoms with Crippen molar-refractivity contribution in [2.45, 2.75) is 31.4 Å². The molecule has 0 spiro atoms. The monoisotopic (exact) mass is 277 g/mol. The minimum Gasteiger partial charge on any atom is -0.399 e. The number of likely N-dealkylation sites (N-methyl/N-ethyl adjacent to an activating group) is 1. The number of amides is 1. The molecule has 110 valence electrons. The zero-order chi connectivity index (χ0) is 14.5. The van der Waals surface area contributed by atoms with E-state index in [1.54, 1.807) is 19.2 Å². The average molecular weight is 277 g/mol. The maximum atomic E-state index is 11.9. The Morgan fingerprint density at radius 1 is 1.45 bits per heavy atom. The molecule has 1 aliphatic rings. The molecule has 2 atom stereocenters. The van der Waals surface area contributed by atoms with Crippen LogP contribution in [0.1, 0.15) is 30.9 Å². The van der Waals surface area contributed by atoms with Gasteiger partial charge in [-0.3, -0.25) is 9.69 Å². The molecule has 0 aliphatic carbocycles. The van der Waals surface area contributed by atoms with Crippen LogP contribution in [0.4, 0.5) is 5.69 Å². The first kappa shape index (κ1) is 14.8. The Morgan fingerprint density at radius 3 is 2.80 bits per heavy atom. The van der Waals surface area contributed by atoms with Crippen LogP contribution < -0.4 is 11.1 Å². The van der Waals surface area contributed by atoms with Gasteiger partial charge in [0.25, 0.3) is 0 Å². The van der Waals surface area contributed by atoms with Gasteiger partial charge in [0.1, 0.15) is 0 Å². The summed E-state index contributed by atoms with van der Waals surface area (Å²) in [4.78, 5) is 14.0. The summed E-state index contributed by atoms with van der Waals surface area (Å²) in [6, 6.07) is 7.10. The summed E-state index contributed by atoms with van der Waals surface area (Å²) in [6.45, 7) is 1.33. The zero-order valence-corrected chi connectivity index (χ0v) is 11.9. The van der Waals surface area contributed by atoms with E-state index in [1.165, 1.54) is 0 Å². The molecular formula is C15H23N3O2. The van der Waals surface area contributed by atoms with Gasteiger partial charge in [-0.2, -0.15) is 0 Å². The molecule has 2 unspecified atom stereocenters. The van der Waals surface area contributed by atoms with Gasteiger partial charge in [-0.1, -0.05) is 18.6 Å². The maximum Gasteiger partial charge on any atom is 0.237 e. The summed E-state index contributed by atoms with van der Waals surface area (Å²) in [5, 5.41) is 13.0. The summed E-state index contributed by atoms with van der Waals surface area (Å²) in [6.07, 6.45) is 2.39. The maximum absolute atomic E-state index is 11.9. The largest absolute Gasteiger partial charge is 0.399 e. The van der Waals surface area contributed by atoms with E-state index < -0.39 is 6.10 Å². The lowest BCUT2D eigenvalue weighted by Gasteiger charge is -2.35. The van der Waals surface area contributed by atoms with Gasteiger partial charge in [0.15, 0.2) is 0 Å². The van der Waals surface area contributed by atoms with Crippen molar-refractivity contribution in [3.8, 4) is 0 Å². The van der Waals surface area contributed by atoms with Crippen LogP contribution in [0.25, 0.3) is 0 Å². The summed E-state index contributed by atoms with van der Waals surface area (Å²) >= 11 is 0. The molecule has 20 heavy (non-hydrogen) atoms. The highest BCUT2D eigenvalue weighted by molar-refractivity contribution is 5.81. The van der Waals surface area contributed by atoms with Crippen molar-refractivity contribution in [1.29, 1.82) is 0 Å². The number of piperidine rings is 1. The number of carbonyl (C=O) groups is 1. The van der Waals surface area contributed by atoms with E-state index in [2.05, 4.69) is 10.2 Å². The van der Waals surface area contributed by atoms with Gasteiger partial charge in [0, 0.05) is 19.3 Å². The van der Waals surface area contributed by atoms with Crippen molar-refractivity contribution in [3.63, 3.8) is 0 Å². The lowest BCUT2D eigenvalue weighted by atomic mass is 9.99. The Kier molecular flexibility index (Phi) is 4.98. The van der Waals surface area contributed by atoms with Crippen molar-refractivity contribution in [2.24, 2.45) is 0 Å². The molecule has 0 radical (unpaired) electrons. The van der Waals surface area contributed by atoms with Gasteiger partial charge in [0.2, 0.25) is 5.91 Å². The normalized spacial score (nSPS) is 21.4. The molecule has 0 aromatic heterocycles. The molecule has 1 amide bonds. The summed E-state index contributed by atoms with van der Waals surface area (Å²) in [5.74, 6) is 0.0363. The first-order chi connectivity index (χ1) is 9.61. The molecule has 2 rings (SSSR count). The third-order valence-electron chi connectivity index (χ3n) is 3.89. The minimum absolute atomic E-state index is 0.0363. The Bertz CT molecular complexity index is 447. The van der Waals surface area contributed by atoms with E-state index in [9.17, 15) is 9.90 Å². The van der Waals surface area contributed by atoms with Gasteiger partial charge in [-0.15, -0.1) is 0 Å². The van der Waals surface area contributed by atoms with Crippen LogP contribution in [0.3, 0.4) is 0 Å². The fraction of sp³-hybridized carbons (Fsp3) is 0.533. The van der Waals surface area contributed by atoms with Crippen molar-refractivity contribution >= 4 is 11.6 Å². The highest BCUT2D eigenvalue weighted by Crippen LogP contribution is 2.22. The number of anilines is 1. The molecular weight excluding hydrogens is 254 g/mol. The molecule has 1 aliphatic heterocycles. The van der Waals surface area contributed by atoms with E-state index in [0.717, 1.165) is 31.4 Å². The van der Waals surface area contributed by atoms with Crippen molar-refractivity contribution < 1.29 is 9.90 Å². The number of nitrogens with zero attached hydrogens (tertiary/aromatic N) is 1. The number of aliphatic hydroxyl groups excluding tert-OH is 1. The number of aliphatic hydroxyl groups is 1. The topological polar surface area (TPSA) is 78.6 Å². The number of β-amino-alcohol motifs (C(OH)–C–C–N with tert-alkyl or cyclic N) is 1. The Morgan fingerprint density at radius 2 is 2.15 bits per heavy atom. The molecule has 0 bridgehead atoms. The standard InChI is InChI=1S/C15H23N3O2/c1-17-15(20)13-4-2-3-9-18(13)10-14(19)11-5-7-12(16)8-6-11/h5-8,13-14,19H,2-4,9-10,16H2,1H3,(H,17,20). The molecule has 5 nitrogen and oxygen atoms in total. The Labute approximate surface area is 119 Å². The fourth-order valence-corrected chi connectivity index (χ4v) is 2.72. The Hall–Kier alpha value is -1.59. The molecule has 1 aromatic carbocycles. The third-order valence-corrected chi connectivity index (χ3v) is 3.89. The second-order valence-electron chi connectivity index (χ2n) is 5.30. The van der Waals surface area contributed by atoms with Crippen LogP contribution in [0.2, 0.25) is 0 Å². The van der Waals surface area contributed by atoms with Crippen molar-refractivity contribution in [3.05, 3.63) is 29.8 Å². The van der Waals surface area contributed by atoms with Crippen LogP contribution in [0, 0.1) is 0 Å². The van der Waals surface area contributed by atoms with Crippen molar-refractivity contribution in [2.75, 3.05) is 25.9 Å². The van der Waals surface area contributed by atoms with E-state index in [1.807, 2.05) is 12.1 Å². The highest BCUT2D eigenvalue weighted by atomic mass is 16.3. The second kappa shape index (κ2) is 6.72. The summed E-state index contributed by atoms with van der Waals surface area (Å²) in [7, 11) is 1.66. The smallest absolute Gasteiger partial charge is 0.237 e. The molecule has 0 saturated carbocycles. The lowest BCUT2D eigenvalue weighted by molar-refractivity contribution is -0.127. The number of nitrogens with one attached hydrogen (secondary N) is 1. The summed E-state index contributed by atoms with van der Waals surface area (Å²) in [5.41, 5.74) is 7.16. The number of benzene rings is 1. The molecule has 5 heteroatoms. The van der Waals surface area contributed by atoms with Crippen LogP contribution in [0.5, 0.6) is 0 Å². The minimum atomic E-state index is -0.596. The Balaban J connectivity index is 2.02. The quantitative estimate of drug-likeness (QED) is 0.715. The highest BCUT2D eigenvalue weighted by Gasteiger charge is 2.29. The van der Waals surface area contributed by atoms with Gasteiger partial charge in [-0.05, 0) is 37.1 Å². The van der Waals surface area contributed by atoms with E-state index in [-0.39, 0.29) is 11.9 Å². The molecule has 4 N–H and O–H groups in total. The number of hydrogen-bond donors (Lipinski definition) is 3. The first-order valence-electron chi connectivity index (χ1n) is 7.11. The lowest BCUT2D eigenvalue weighted by Crippen LogP contribution is -2.49. The predicted molar refractivity (Wildman–Crippen MR) is 79.1 cm³/mol. The second-order valence-corrected chi connectivity index (χ2v) is 5.30. The first-order valence-corrected chi connectivity index (χ1v) is 7.11. The molecule has 1 heterocycles. The number of nitrogens with two attached hydrogens (primary N) is 1. The van der Waals surface area contributed by atoms with Gasteiger partial charge >= 0.3 is 0 Å². The average Bonchev–Trinajstić information content (AvgIpc) is 2.47. The van der Waals surface area contributed by atoms with Gasteiger partial charge in [-0.25, -0.2) is 0 Å². The zero-order valence-electron chi connectivity index (χ0n) is 11.9. The van der Waals surface area contributed by atoms with E-state index >= 15 is 0 Å². The number of carbonyl (C=O) groups excluding carboxylic acids is 1. The number of rotatable bonds is 4. The van der Waals surface area contributed by atoms with Crippen LogP contribution in [-0.4, -0.2) is 42.1 Å². The molecule has 1 fully saturated rings.